The molecule has 6 nitrogen and oxygen atoms in total. The van der Waals surface area contributed by atoms with Crippen LogP contribution in [0.3, 0.4) is 0 Å². The Morgan fingerprint density at radius 2 is 1.84 bits per heavy atom. The van der Waals surface area contributed by atoms with E-state index in [4.69, 9.17) is 14.2 Å². The lowest BCUT2D eigenvalue weighted by molar-refractivity contribution is 0.0906. The molecule has 1 unspecified atom stereocenters. The second-order valence-electron chi connectivity index (χ2n) is 7.49. The number of benzene rings is 2. The van der Waals surface area contributed by atoms with E-state index in [1.807, 2.05) is 37.4 Å². The topological polar surface area (TPSA) is 55.3 Å². The van der Waals surface area contributed by atoms with Gasteiger partial charge in [0.25, 0.3) is 0 Å². The van der Waals surface area contributed by atoms with E-state index in [0.717, 1.165) is 44.4 Å². The van der Waals surface area contributed by atoms with Crippen LogP contribution in [0.25, 0.3) is 0 Å². The predicted octanol–water partition coefficient (Wildman–Crippen LogP) is 3.94. The number of ether oxygens (including phenoxy) is 3. The molecular formula is C24H34IN3O3. The number of aliphatic imine (C=N–C) groups is 1. The average Bonchev–Trinajstić information content (AvgIpc) is 3.25. The number of hydrogen-bond acceptors (Lipinski definition) is 4. The quantitative estimate of drug-likeness (QED) is 0.215. The molecular weight excluding hydrogens is 505 g/mol. The molecule has 1 heterocycles. The molecule has 2 aromatic carbocycles. The first-order valence-electron chi connectivity index (χ1n) is 10.6. The monoisotopic (exact) mass is 539 g/mol. The summed E-state index contributed by atoms with van der Waals surface area (Å²) in [6, 6.07) is 18.5. The van der Waals surface area contributed by atoms with Crippen LogP contribution in [0.1, 0.15) is 17.5 Å². The van der Waals surface area contributed by atoms with Gasteiger partial charge in [0.15, 0.2) is 5.96 Å². The molecule has 0 radical (unpaired) electrons. The normalized spacial score (nSPS) is 16.1. The Morgan fingerprint density at radius 1 is 1.06 bits per heavy atom. The molecule has 31 heavy (non-hydrogen) atoms. The van der Waals surface area contributed by atoms with Gasteiger partial charge in [0.2, 0.25) is 0 Å². The molecule has 1 N–H and O–H groups in total. The predicted molar refractivity (Wildman–Crippen MR) is 135 cm³/mol. The number of nitrogens with zero attached hydrogens (tertiary/aromatic N) is 2. The zero-order valence-corrected chi connectivity index (χ0v) is 20.8. The average molecular weight is 539 g/mol. The summed E-state index contributed by atoms with van der Waals surface area (Å²) in [6.07, 6.45) is 1.13. The molecule has 0 bridgehead atoms. The largest absolute Gasteiger partial charge is 0.491 e. The number of likely N-dealkylation sites (tertiary alicyclic amines) is 1. The fourth-order valence-electron chi connectivity index (χ4n) is 3.54. The Kier molecular flexibility index (Phi) is 11.7. The second kappa shape index (κ2) is 14.3. The van der Waals surface area contributed by atoms with E-state index in [1.165, 1.54) is 11.1 Å². The van der Waals surface area contributed by atoms with E-state index in [1.54, 1.807) is 7.11 Å². The third-order valence-corrected chi connectivity index (χ3v) is 5.19. The Balaban J connectivity index is 0.00000341. The molecule has 0 aromatic heterocycles. The Morgan fingerprint density at radius 3 is 2.55 bits per heavy atom. The summed E-state index contributed by atoms with van der Waals surface area (Å²) in [4.78, 5) is 6.79. The van der Waals surface area contributed by atoms with E-state index < -0.39 is 0 Å². The molecule has 170 valence electrons. The lowest BCUT2D eigenvalue weighted by Crippen LogP contribution is -2.39. The third kappa shape index (κ3) is 8.66. The standard InChI is InChI=1S/C24H33N3O3.HI/c1-25-24(26-16-20-8-10-23(11-9-20)30-15-14-28-2)27-13-12-22(17-27)19-29-18-21-6-4-3-5-7-21;/h3-11,22H,12-19H2,1-2H3,(H,25,26);1H. The summed E-state index contributed by atoms with van der Waals surface area (Å²) in [5.41, 5.74) is 2.41. The van der Waals surface area contributed by atoms with Gasteiger partial charge < -0.3 is 24.4 Å². The van der Waals surface area contributed by atoms with Crippen LogP contribution in [0.15, 0.2) is 59.6 Å². The Hall–Kier alpha value is -1.84. The number of methoxy groups -OCH3 is 1. The van der Waals surface area contributed by atoms with Gasteiger partial charge >= 0.3 is 0 Å². The third-order valence-electron chi connectivity index (χ3n) is 5.19. The first kappa shape index (κ1) is 25.4. The van der Waals surface area contributed by atoms with Gasteiger partial charge in [-0.2, -0.15) is 0 Å². The van der Waals surface area contributed by atoms with Crippen LogP contribution in [0, 0.1) is 5.92 Å². The number of hydrogen-bond donors (Lipinski definition) is 1. The second-order valence-corrected chi connectivity index (χ2v) is 7.49. The highest BCUT2D eigenvalue weighted by molar-refractivity contribution is 14.0. The van der Waals surface area contributed by atoms with Gasteiger partial charge in [-0.15, -0.1) is 24.0 Å². The van der Waals surface area contributed by atoms with Crippen molar-refractivity contribution in [3.63, 3.8) is 0 Å². The molecule has 1 fully saturated rings. The maximum atomic E-state index is 5.93. The van der Waals surface area contributed by atoms with E-state index in [9.17, 15) is 0 Å². The molecule has 0 saturated carbocycles. The van der Waals surface area contributed by atoms with Crippen molar-refractivity contribution in [3.8, 4) is 5.75 Å². The number of nitrogens with one attached hydrogen (secondary N) is 1. The van der Waals surface area contributed by atoms with Gasteiger partial charge in [-0.05, 0) is 29.7 Å². The summed E-state index contributed by atoms with van der Waals surface area (Å²) in [7, 11) is 3.51. The van der Waals surface area contributed by atoms with E-state index >= 15 is 0 Å². The zero-order chi connectivity index (χ0) is 21.0. The first-order valence-corrected chi connectivity index (χ1v) is 10.6. The molecule has 0 spiro atoms. The van der Waals surface area contributed by atoms with E-state index in [2.05, 4.69) is 39.5 Å². The minimum absolute atomic E-state index is 0. The molecule has 0 amide bonds. The minimum atomic E-state index is 0. The number of rotatable bonds is 10. The summed E-state index contributed by atoms with van der Waals surface area (Å²) in [6.45, 7) is 5.32. The summed E-state index contributed by atoms with van der Waals surface area (Å²) in [5, 5.41) is 3.48. The van der Waals surface area contributed by atoms with Gasteiger partial charge in [-0.3, -0.25) is 4.99 Å². The number of guanidine groups is 1. The van der Waals surface area contributed by atoms with Crippen molar-refractivity contribution in [2.24, 2.45) is 10.9 Å². The molecule has 0 aliphatic carbocycles. The lowest BCUT2D eigenvalue weighted by Gasteiger charge is -2.22. The number of halogens is 1. The van der Waals surface area contributed by atoms with Gasteiger partial charge in [-0.1, -0.05) is 42.5 Å². The van der Waals surface area contributed by atoms with Crippen LogP contribution in [-0.4, -0.2) is 57.9 Å². The summed E-state index contributed by atoms with van der Waals surface area (Å²) < 4.78 is 16.5. The van der Waals surface area contributed by atoms with Gasteiger partial charge in [-0.25, -0.2) is 0 Å². The highest BCUT2D eigenvalue weighted by atomic mass is 127. The molecule has 1 saturated heterocycles. The van der Waals surface area contributed by atoms with Gasteiger partial charge in [0.1, 0.15) is 12.4 Å². The lowest BCUT2D eigenvalue weighted by atomic mass is 10.1. The van der Waals surface area contributed by atoms with Crippen LogP contribution in [0.2, 0.25) is 0 Å². The van der Waals surface area contributed by atoms with Crippen molar-refractivity contribution in [1.29, 1.82) is 0 Å². The molecule has 7 heteroatoms. The summed E-state index contributed by atoms with van der Waals surface area (Å²) >= 11 is 0. The van der Waals surface area contributed by atoms with E-state index in [0.29, 0.717) is 25.7 Å². The Bertz CT molecular complexity index is 771. The highest BCUT2D eigenvalue weighted by Gasteiger charge is 2.24. The molecule has 2 aromatic rings. The van der Waals surface area contributed by atoms with Crippen molar-refractivity contribution in [1.82, 2.24) is 10.2 Å². The highest BCUT2D eigenvalue weighted by Crippen LogP contribution is 2.18. The Labute approximate surface area is 203 Å². The van der Waals surface area contributed by atoms with E-state index in [-0.39, 0.29) is 24.0 Å². The van der Waals surface area contributed by atoms with Crippen LogP contribution in [0.4, 0.5) is 0 Å². The minimum Gasteiger partial charge on any atom is -0.491 e. The maximum Gasteiger partial charge on any atom is 0.193 e. The van der Waals surface area contributed by atoms with Crippen molar-refractivity contribution < 1.29 is 14.2 Å². The zero-order valence-electron chi connectivity index (χ0n) is 18.5. The van der Waals surface area contributed by atoms with Crippen LogP contribution in [0.5, 0.6) is 5.75 Å². The smallest absolute Gasteiger partial charge is 0.193 e. The van der Waals surface area contributed by atoms with Crippen molar-refractivity contribution in [2.75, 3.05) is 47.1 Å². The fraction of sp³-hybridized carbons (Fsp3) is 0.458. The molecule has 1 atom stereocenters. The van der Waals surface area contributed by atoms with Crippen molar-refractivity contribution in [3.05, 3.63) is 65.7 Å². The van der Waals surface area contributed by atoms with Gasteiger partial charge in [0, 0.05) is 39.7 Å². The van der Waals surface area contributed by atoms with Crippen LogP contribution in [-0.2, 0) is 22.6 Å². The SMILES string of the molecule is CN=C(NCc1ccc(OCCOC)cc1)N1CCC(COCc2ccccc2)C1.I. The molecule has 1 aliphatic heterocycles. The van der Waals surface area contributed by atoms with Crippen molar-refractivity contribution in [2.45, 2.75) is 19.6 Å². The fourth-order valence-corrected chi connectivity index (χ4v) is 3.54. The summed E-state index contributed by atoms with van der Waals surface area (Å²) in [5.74, 6) is 2.34. The molecule has 3 rings (SSSR count). The van der Waals surface area contributed by atoms with Crippen LogP contribution < -0.4 is 10.1 Å². The van der Waals surface area contributed by atoms with Crippen molar-refractivity contribution >= 4 is 29.9 Å². The first-order chi connectivity index (χ1) is 14.8. The maximum absolute atomic E-state index is 5.93. The molecule has 1 aliphatic rings. The van der Waals surface area contributed by atoms with Gasteiger partial charge in [0.05, 0.1) is 19.8 Å². The van der Waals surface area contributed by atoms with Crippen LogP contribution >= 0.6 is 24.0 Å².